The van der Waals surface area contributed by atoms with Gasteiger partial charge in [-0.05, 0) is 36.2 Å². The Balaban J connectivity index is 2.04. The first kappa shape index (κ1) is 19.3. The van der Waals surface area contributed by atoms with Gasteiger partial charge in [-0.2, -0.15) is 10.4 Å². The van der Waals surface area contributed by atoms with E-state index >= 15 is 0 Å². The van der Waals surface area contributed by atoms with Gasteiger partial charge in [0.15, 0.2) is 5.69 Å². The van der Waals surface area contributed by atoms with Gasteiger partial charge in [0.05, 0.1) is 5.69 Å². The van der Waals surface area contributed by atoms with Crippen molar-refractivity contribution in [3.63, 3.8) is 0 Å². The molecule has 3 aromatic rings. The van der Waals surface area contributed by atoms with Gasteiger partial charge in [0.1, 0.15) is 11.6 Å². The Bertz CT molecular complexity index is 1140. The van der Waals surface area contributed by atoms with E-state index in [4.69, 9.17) is 4.74 Å². The third-order valence-electron chi connectivity index (χ3n) is 4.50. The second kappa shape index (κ2) is 8.46. The van der Waals surface area contributed by atoms with Gasteiger partial charge in [-0.15, -0.1) is 5.11 Å². The average Bonchev–Trinajstić information content (AvgIpc) is 2.70. The van der Waals surface area contributed by atoms with E-state index in [1.54, 1.807) is 14.0 Å². The van der Waals surface area contributed by atoms with Crippen LogP contribution in [0, 0.1) is 18.3 Å². The lowest BCUT2D eigenvalue weighted by Gasteiger charge is -2.12. The average molecular weight is 376 g/mol. The van der Waals surface area contributed by atoms with Crippen LogP contribution in [-0.2, 0) is 11.3 Å². The first-order valence-corrected chi connectivity index (χ1v) is 8.82. The zero-order valence-corrected chi connectivity index (χ0v) is 15.7. The Morgan fingerprint density at radius 1 is 1.18 bits per heavy atom. The maximum Gasteiger partial charge on any atom is 0.281 e. The van der Waals surface area contributed by atoms with Crippen molar-refractivity contribution < 1.29 is 9.84 Å². The summed E-state index contributed by atoms with van der Waals surface area (Å²) in [5.74, 6) is -0.356. The SMILES string of the molecule is COCCCn1c(O)c(C#N)c(C)c(N=Nc2ccc3ccccc3c2)c1=O. The summed E-state index contributed by atoms with van der Waals surface area (Å²) < 4.78 is 6.13. The van der Waals surface area contributed by atoms with Gasteiger partial charge in [-0.1, -0.05) is 30.3 Å². The number of pyridine rings is 1. The zero-order valence-electron chi connectivity index (χ0n) is 15.7. The third kappa shape index (κ3) is 3.77. The second-order valence-electron chi connectivity index (χ2n) is 6.32. The van der Waals surface area contributed by atoms with Crippen LogP contribution in [0.2, 0.25) is 0 Å². The standard InChI is InChI=1S/C21H20N4O3/c1-14-18(13-22)20(26)25(10-5-11-28-2)21(27)19(14)24-23-17-9-8-15-6-3-4-7-16(15)12-17/h3-4,6-9,12,26H,5,10-11H2,1-2H3. The molecule has 0 spiro atoms. The molecule has 0 saturated carbocycles. The summed E-state index contributed by atoms with van der Waals surface area (Å²) in [4.78, 5) is 12.8. The molecule has 0 atom stereocenters. The molecule has 0 unspecified atom stereocenters. The fourth-order valence-corrected chi connectivity index (χ4v) is 2.98. The summed E-state index contributed by atoms with van der Waals surface area (Å²) in [6.07, 6.45) is 0.513. The third-order valence-corrected chi connectivity index (χ3v) is 4.50. The van der Waals surface area contributed by atoms with Crippen LogP contribution < -0.4 is 5.56 Å². The largest absolute Gasteiger partial charge is 0.493 e. The van der Waals surface area contributed by atoms with Crippen LogP contribution in [0.3, 0.4) is 0 Å². The number of methoxy groups -OCH3 is 1. The molecule has 142 valence electrons. The predicted octanol–water partition coefficient (Wildman–Crippen LogP) is 4.34. The summed E-state index contributed by atoms with van der Waals surface area (Å²) in [7, 11) is 1.56. The van der Waals surface area contributed by atoms with Gasteiger partial charge in [-0.3, -0.25) is 9.36 Å². The summed E-state index contributed by atoms with van der Waals surface area (Å²) in [5, 5.41) is 30.1. The highest BCUT2D eigenvalue weighted by atomic mass is 16.5. The summed E-state index contributed by atoms with van der Waals surface area (Å²) in [5.41, 5.74) is 0.464. The number of aromatic nitrogens is 1. The molecule has 1 heterocycles. The van der Waals surface area contributed by atoms with E-state index in [-0.39, 0.29) is 23.7 Å². The molecule has 0 amide bonds. The van der Waals surface area contributed by atoms with Gasteiger partial charge >= 0.3 is 0 Å². The van der Waals surface area contributed by atoms with Gasteiger partial charge in [-0.25, -0.2) is 0 Å². The monoisotopic (exact) mass is 376 g/mol. The molecule has 28 heavy (non-hydrogen) atoms. The van der Waals surface area contributed by atoms with E-state index in [1.165, 1.54) is 0 Å². The highest BCUT2D eigenvalue weighted by Crippen LogP contribution is 2.28. The van der Waals surface area contributed by atoms with Gasteiger partial charge in [0, 0.05) is 25.8 Å². The molecule has 3 rings (SSSR count). The molecule has 1 N–H and O–H groups in total. The van der Waals surface area contributed by atoms with Crippen LogP contribution in [0.4, 0.5) is 11.4 Å². The van der Waals surface area contributed by atoms with E-state index in [0.717, 1.165) is 15.3 Å². The van der Waals surface area contributed by atoms with E-state index < -0.39 is 5.56 Å². The normalized spacial score (nSPS) is 11.2. The number of nitrogens with zero attached hydrogens (tertiary/aromatic N) is 4. The number of aromatic hydroxyl groups is 1. The van der Waals surface area contributed by atoms with Crippen LogP contribution in [0.15, 0.2) is 57.5 Å². The number of hydrogen-bond acceptors (Lipinski definition) is 6. The first-order valence-electron chi connectivity index (χ1n) is 8.82. The molecule has 7 nitrogen and oxygen atoms in total. The minimum atomic E-state index is -0.491. The number of rotatable bonds is 6. The molecule has 1 aromatic heterocycles. The van der Waals surface area contributed by atoms with E-state index in [0.29, 0.717) is 24.3 Å². The molecule has 0 aliphatic heterocycles. The lowest BCUT2D eigenvalue weighted by atomic mass is 10.1. The molecule has 0 fully saturated rings. The van der Waals surface area contributed by atoms with Crippen LogP contribution >= 0.6 is 0 Å². The molecular weight excluding hydrogens is 356 g/mol. The maximum atomic E-state index is 12.8. The second-order valence-corrected chi connectivity index (χ2v) is 6.32. The fourth-order valence-electron chi connectivity index (χ4n) is 2.98. The maximum absolute atomic E-state index is 12.8. The Kier molecular flexibility index (Phi) is 5.82. The van der Waals surface area contributed by atoms with Crippen LogP contribution in [-0.4, -0.2) is 23.4 Å². The molecule has 2 aromatic carbocycles. The number of fused-ring (bicyclic) bond motifs is 1. The highest BCUT2D eigenvalue weighted by Gasteiger charge is 2.19. The Labute approximate surface area is 162 Å². The quantitative estimate of drug-likeness (QED) is 0.511. The Morgan fingerprint density at radius 2 is 1.93 bits per heavy atom. The van der Waals surface area contributed by atoms with Crippen molar-refractivity contribution in [2.75, 3.05) is 13.7 Å². The molecule has 7 heteroatoms. The summed E-state index contributed by atoms with van der Waals surface area (Å²) in [6.45, 7) is 2.22. The number of benzene rings is 2. The predicted molar refractivity (Wildman–Crippen MR) is 106 cm³/mol. The topological polar surface area (TPSA) is 100.0 Å². The van der Waals surface area contributed by atoms with Crippen molar-refractivity contribution in [3.8, 4) is 11.9 Å². The number of ether oxygens (including phenoxy) is 1. The van der Waals surface area contributed by atoms with Crippen molar-refractivity contribution in [3.05, 3.63) is 63.9 Å². The van der Waals surface area contributed by atoms with Crippen molar-refractivity contribution in [2.45, 2.75) is 19.9 Å². The Hall–Kier alpha value is -3.50. The van der Waals surface area contributed by atoms with E-state index in [2.05, 4.69) is 10.2 Å². The minimum absolute atomic E-state index is 0.0180. The fraction of sp³-hybridized carbons (Fsp3) is 0.238. The minimum Gasteiger partial charge on any atom is -0.493 e. The van der Waals surface area contributed by atoms with Gasteiger partial charge in [0.2, 0.25) is 5.88 Å². The molecular formula is C21H20N4O3. The van der Waals surface area contributed by atoms with Gasteiger partial charge < -0.3 is 9.84 Å². The van der Waals surface area contributed by atoms with Crippen LogP contribution in [0.25, 0.3) is 10.8 Å². The van der Waals surface area contributed by atoms with E-state index in [9.17, 15) is 15.2 Å². The lowest BCUT2D eigenvalue weighted by Crippen LogP contribution is -2.22. The number of hydrogen-bond donors (Lipinski definition) is 1. The number of nitriles is 1. The molecule has 0 radical (unpaired) electrons. The summed E-state index contributed by atoms with van der Waals surface area (Å²) in [6, 6.07) is 15.4. The van der Waals surface area contributed by atoms with Crippen molar-refractivity contribution >= 4 is 22.1 Å². The summed E-state index contributed by atoms with van der Waals surface area (Å²) >= 11 is 0. The van der Waals surface area contributed by atoms with E-state index in [1.807, 2.05) is 48.5 Å². The van der Waals surface area contributed by atoms with Crippen molar-refractivity contribution in [1.29, 1.82) is 5.26 Å². The lowest BCUT2D eigenvalue weighted by molar-refractivity contribution is 0.188. The van der Waals surface area contributed by atoms with Crippen molar-refractivity contribution in [2.24, 2.45) is 10.2 Å². The molecule has 0 saturated heterocycles. The van der Waals surface area contributed by atoms with Crippen LogP contribution in [0.5, 0.6) is 5.88 Å². The number of azo groups is 1. The highest BCUT2D eigenvalue weighted by molar-refractivity contribution is 5.85. The smallest absolute Gasteiger partial charge is 0.281 e. The molecule has 0 bridgehead atoms. The first-order chi connectivity index (χ1) is 13.6. The molecule has 0 aliphatic carbocycles. The molecule has 0 aliphatic rings. The zero-order chi connectivity index (χ0) is 20.1. The Morgan fingerprint density at radius 3 is 2.64 bits per heavy atom. The van der Waals surface area contributed by atoms with Crippen LogP contribution in [0.1, 0.15) is 17.5 Å². The van der Waals surface area contributed by atoms with Gasteiger partial charge in [0.25, 0.3) is 5.56 Å². The van der Waals surface area contributed by atoms with Crippen molar-refractivity contribution in [1.82, 2.24) is 4.57 Å².